The molecule has 1 unspecified atom stereocenters. The van der Waals surface area contributed by atoms with Crippen molar-refractivity contribution in [2.24, 2.45) is 16.3 Å². The van der Waals surface area contributed by atoms with Crippen molar-refractivity contribution in [2.75, 3.05) is 13.1 Å². The highest BCUT2D eigenvalue weighted by Crippen LogP contribution is 2.52. The standard InChI is InChI=1S/C9H16N2/c1-9(2)6-7(9)8-10-4-3-5-11-8/h7H,3-6H2,1-2H3,(H,10,11). The summed E-state index contributed by atoms with van der Waals surface area (Å²) in [6.07, 6.45) is 2.52. The summed E-state index contributed by atoms with van der Waals surface area (Å²) in [5.41, 5.74) is 0.531. The minimum Gasteiger partial charge on any atom is -0.374 e. The van der Waals surface area contributed by atoms with Crippen LogP contribution in [0.3, 0.4) is 0 Å². The van der Waals surface area contributed by atoms with Crippen molar-refractivity contribution in [1.29, 1.82) is 0 Å². The lowest BCUT2D eigenvalue weighted by Gasteiger charge is -2.15. The highest BCUT2D eigenvalue weighted by Gasteiger charge is 2.49. The van der Waals surface area contributed by atoms with Gasteiger partial charge in [-0.15, -0.1) is 0 Å². The summed E-state index contributed by atoms with van der Waals surface area (Å²) in [4.78, 5) is 4.49. The van der Waals surface area contributed by atoms with Crippen LogP contribution < -0.4 is 5.32 Å². The molecular weight excluding hydrogens is 136 g/mol. The van der Waals surface area contributed by atoms with Crippen LogP contribution in [-0.4, -0.2) is 18.9 Å². The van der Waals surface area contributed by atoms with Gasteiger partial charge in [-0.25, -0.2) is 0 Å². The molecular formula is C9H16N2. The molecule has 11 heavy (non-hydrogen) atoms. The van der Waals surface area contributed by atoms with Crippen LogP contribution in [0.4, 0.5) is 0 Å². The van der Waals surface area contributed by atoms with E-state index in [4.69, 9.17) is 0 Å². The van der Waals surface area contributed by atoms with Crippen molar-refractivity contribution in [2.45, 2.75) is 26.7 Å². The molecule has 2 aliphatic rings. The molecule has 2 heteroatoms. The van der Waals surface area contributed by atoms with Gasteiger partial charge in [-0.3, -0.25) is 4.99 Å². The number of hydrogen-bond donors (Lipinski definition) is 1. The van der Waals surface area contributed by atoms with Crippen LogP contribution in [0.15, 0.2) is 4.99 Å². The summed E-state index contributed by atoms with van der Waals surface area (Å²) < 4.78 is 0. The van der Waals surface area contributed by atoms with Crippen LogP contribution in [0.2, 0.25) is 0 Å². The van der Waals surface area contributed by atoms with Crippen LogP contribution in [0, 0.1) is 11.3 Å². The largest absolute Gasteiger partial charge is 0.374 e. The van der Waals surface area contributed by atoms with Crippen molar-refractivity contribution in [3.63, 3.8) is 0 Å². The van der Waals surface area contributed by atoms with E-state index in [1.54, 1.807) is 0 Å². The molecule has 62 valence electrons. The minimum atomic E-state index is 0.531. The molecule has 1 heterocycles. The Balaban J connectivity index is 2.01. The second-order valence-corrected chi connectivity index (χ2v) is 4.29. The Morgan fingerprint density at radius 2 is 2.27 bits per heavy atom. The summed E-state index contributed by atoms with van der Waals surface area (Å²) in [5.74, 6) is 2.02. The lowest BCUT2D eigenvalue weighted by atomic mass is 10.1. The Labute approximate surface area is 68.1 Å². The monoisotopic (exact) mass is 152 g/mol. The fourth-order valence-electron chi connectivity index (χ4n) is 1.72. The molecule has 2 rings (SSSR count). The van der Waals surface area contributed by atoms with Gasteiger partial charge in [0.05, 0.1) is 5.84 Å². The quantitative estimate of drug-likeness (QED) is 0.604. The smallest absolute Gasteiger partial charge is 0.1000 e. The fourth-order valence-corrected chi connectivity index (χ4v) is 1.72. The summed E-state index contributed by atoms with van der Waals surface area (Å²) in [6.45, 7) is 6.80. The molecule has 1 saturated carbocycles. The molecule has 1 fully saturated rings. The molecule has 0 aromatic heterocycles. The van der Waals surface area contributed by atoms with Crippen LogP contribution in [-0.2, 0) is 0 Å². The van der Waals surface area contributed by atoms with Gasteiger partial charge in [0, 0.05) is 19.0 Å². The van der Waals surface area contributed by atoms with Gasteiger partial charge < -0.3 is 5.32 Å². The van der Waals surface area contributed by atoms with Crippen LogP contribution in [0.25, 0.3) is 0 Å². The second-order valence-electron chi connectivity index (χ2n) is 4.29. The van der Waals surface area contributed by atoms with Crippen LogP contribution >= 0.6 is 0 Å². The van der Waals surface area contributed by atoms with Gasteiger partial charge in [-0.2, -0.15) is 0 Å². The van der Waals surface area contributed by atoms with E-state index in [1.807, 2.05) is 0 Å². The fraction of sp³-hybridized carbons (Fsp3) is 0.889. The molecule has 0 saturated heterocycles. The zero-order chi connectivity index (χ0) is 7.90. The number of rotatable bonds is 1. The molecule has 0 aromatic rings. The SMILES string of the molecule is CC1(C)CC1C1=NCCCN1. The van der Waals surface area contributed by atoms with Gasteiger partial charge in [-0.1, -0.05) is 13.8 Å². The molecule has 1 N–H and O–H groups in total. The Hall–Kier alpha value is -0.530. The van der Waals surface area contributed by atoms with Gasteiger partial charge in [-0.05, 0) is 18.3 Å². The molecule has 0 aromatic carbocycles. The maximum absolute atomic E-state index is 4.49. The van der Waals surface area contributed by atoms with Gasteiger partial charge in [0.25, 0.3) is 0 Å². The molecule has 1 atom stereocenters. The first-order chi connectivity index (χ1) is 5.20. The van der Waals surface area contributed by atoms with Gasteiger partial charge >= 0.3 is 0 Å². The molecule has 0 radical (unpaired) electrons. The number of hydrogen-bond acceptors (Lipinski definition) is 2. The Bertz CT molecular complexity index is 194. The molecule has 2 nitrogen and oxygen atoms in total. The predicted molar refractivity (Wildman–Crippen MR) is 46.8 cm³/mol. The second kappa shape index (κ2) is 2.23. The lowest BCUT2D eigenvalue weighted by molar-refractivity contribution is 0.604. The van der Waals surface area contributed by atoms with Crippen molar-refractivity contribution in [3.05, 3.63) is 0 Å². The van der Waals surface area contributed by atoms with Crippen molar-refractivity contribution in [1.82, 2.24) is 5.32 Å². The van der Waals surface area contributed by atoms with E-state index < -0.39 is 0 Å². The minimum absolute atomic E-state index is 0.531. The van der Waals surface area contributed by atoms with Crippen LogP contribution in [0.1, 0.15) is 26.7 Å². The van der Waals surface area contributed by atoms with Crippen molar-refractivity contribution >= 4 is 5.84 Å². The van der Waals surface area contributed by atoms with Crippen molar-refractivity contribution < 1.29 is 0 Å². The van der Waals surface area contributed by atoms with E-state index in [2.05, 4.69) is 24.2 Å². The molecule has 1 aliphatic heterocycles. The first-order valence-electron chi connectivity index (χ1n) is 4.48. The number of nitrogens with zero attached hydrogens (tertiary/aromatic N) is 1. The zero-order valence-corrected chi connectivity index (χ0v) is 7.35. The van der Waals surface area contributed by atoms with E-state index >= 15 is 0 Å². The number of amidine groups is 1. The first-order valence-corrected chi connectivity index (χ1v) is 4.48. The highest BCUT2D eigenvalue weighted by molar-refractivity contribution is 5.88. The Kier molecular flexibility index (Phi) is 1.44. The third-order valence-corrected chi connectivity index (χ3v) is 2.77. The summed E-state index contributed by atoms with van der Waals surface area (Å²) in [7, 11) is 0. The van der Waals surface area contributed by atoms with E-state index in [1.165, 1.54) is 18.7 Å². The van der Waals surface area contributed by atoms with E-state index in [0.29, 0.717) is 5.41 Å². The van der Waals surface area contributed by atoms with E-state index in [-0.39, 0.29) is 0 Å². The van der Waals surface area contributed by atoms with E-state index in [9.17, 15) is 0 Å². The molecule has 1 aliphatic carbocycles. The maximum Gasteiger partial charge on any atom is 0.1000 e. The third-order valence-electron chi connectivity index (χ3n) is 2.77. The number of nitrogens with one attached hydrogen (secondary N) is 1. The maximum atomic E-state index is 4.49. The first kappa shape index (κ1) is 7.14. The zero-order valence-electron chi connectivity index (χ0n) is 7.35. The molecule has 0 bridgehead atoms. The highest BCUT2D eigenvalue weighted by atomic mass is 15.0. The predicted octanol–water partition coefficient (Wildman–Crippen LogP) is 1.42. The van der Waals surface area contributed by atoms with Crippen LogP contribution in [0.5, 0.6) is 0 Å². The van der Waals surface area contributed by atoms with E-state index in [0.717, 1.165) is 19.0 Å². The van der Waals surface area contributed by atoms with Crippen molar-refractivity contribution in [3.8, 4) is 0 Å². The Morgan fingerprint density at radius 3 is 2.73 bits per heavy atom. The number of aliphatic imine (C=N–C) groups is 1. The summed E-state index contributed by atoms with van der Waals surface area (Å²) in [5, 5.41) is 3.39. The summed E-state index contributed by atoms with van der Waals surface area (Å²) >= 11 is 0. The summed E-state index contributed by atoms with van der Waals surface area (Å²) in [6, 6.07) is 0. The van der Waals surface area contributed by atoms with Gasteiger partial charge in [0.2, 0.25) is 0 Å². The Morgan fingerprint density at radius 1 is 1.55 bits per heavy atom. The normalized spacial score (nSPS) is 34.0. The average molecular weight is 152 g/mol. The topological polar surface area (TPSA) is 24.4 Å². The van der Waals surface area contributed by atoms with Gasteiger partial charge in [0.15, 0.2) is 0 Å². The third kappa shape index (κ3) is 1.26. The molecule has 0 spiro atoms. The molecule has 0 amide bonds. The lowest BCUT2D eigenvalue weighted by Crippen LogP contribution is -2.32. The van der Waals surface area contributed by atoms with Gasteiger partial charge in [0.1, 0.15) is 0 Å². The average Bonchev–Trinajstić information content (AvgIpc) is 2.62.